The Balaban J connectivity index is 1.83. The highest BCUT2D eigenvalue weighted by Gasteiger charge is 2.36. The number of halogens is 1. The fourth-order valence-corrected chi connectivity index (χ4v) is 5.08. The maximum atomic E-state index is 13.9. The third kappa shape index (κ3) is 3.20. The summed E-state index contributed by atoms with van der Waals surface area (Å²) in [6, 6.07) is 18.1. The molecule has 8 nitrogen and oxygen atoms in total. The Hall–Kier alpha value is -4.79. The van der Waals surface area contributed by atoms with Crippen LogP contribution in [-0.2, 0) is 14.1 Å². The second-order valence-electron chi connectivity index (χ2n) is 8.90. The van der Waals surface area contributed by atoms with Gasteiger partial charge in [0.15, 0.2) is 17.6 Å². The van der Waals surface area contributed by atoms with E-state index in [0.29, 0.717) is 44.9 Å². The fourth-order valence-electron chi connectivity index (χ4n) is 5.08. The Morgan fingerprint density at radius 2 is 1.70 bits per heavy atom. The lowest BCUT2D eigenvalue weighted by atomic mass is 10.0. The van der Waals surface area contributed by atoms with Crippen LogP contribution in [0.4, 0.5) is 4.39 Å². The first kappa shape index (κ1) is 22.7. The summed E-state index contributed by atoms with van der Waals surface area (Å²) in [5.41, 5.74) is 2.43. The maximum Gasteiger partial charge on any atom is 0.331 e. The average Bonchev–Trinajstić information content (AvgIpc) is 3.27. The molecule has 6 rings (SSSR count). The van der Waals surface area contributed by atoms with Gasteiger partial charge in [0, 0.05) is 19.7 Å². The van der Waals surface area contributed by atoms with E-state index in [4.69, 9.17) is 9.47 Å². The molecule has 0 fully saturated rings. The van der Waals surface area contributed by atoms with E-state index in [9.17, 15) is 19.1 Å². The molecule has 0 radical (unpaired) electrons. The topological polar surface area (TPSA) is 87.6 Å². The zero-order chi connectivity index (χ0) is 26.0. The summed E-state index contributed by atoms with van der Waals surface area (Å²) in [6.07, 6.45) is -0.765. The van der Waals surface area contributed by atoms with Gasteiger partial charge in [-0.05, 0) is 54.1 Å². The van der Waals surface area contributed by atoms with Crippen LogP contribution >= 0.6 is 0 Å². The van der Waals surface area contributed by atoms with Crippen molar-refractivity contribution >= 4 is 10.9 Å². The number of benzene rings is 3. The number of aromatic hydroxyl groups is 1. The predicted octanol–water partition coefficient (Wildman–Crippen LogP) is 4.03. The Labute approximate surface area is 210 Å². The summed E-state index contributed by atoms with van der Waals surface area (Å²) in [5, 5.41) is 10.5. The van der Waals surface area contributed by atoms with Crippen LogP contribution in [0.2, 0.25) is 0 Å². The van der Waals surface area contributed by atoms with Crippen LogP contribution in [0, 0.1) is 5.82 Å². The fraction of sp³-hybridized carbons (Fsp3) is 0.143. The van der Waals surface area contributed by atoms with Crippen LogP contribution in [0.5, 0.6) is 17.2 Å². The van der Waals surface area contributed by atoms with Crippen molar-refractivity contribution in [3.8, 4) is 34.2 Å². The van der Waals surface area contributed by atoms with Gasteiger partial charge in [-0.2, -0.15) is 0 Å². The van der Waals surface area contributed by atoms with E-state index in [1.807, 2.05) is 28.8 Å². The van der Waals surface area contributed by atoms with Gasteiger partial charge in [0.1, 0.15) is 11.6 Å². The van der Waals surface area contributed by atoms with Crippen molar-refractivity contribution in [1.29, 1.82) is 0 Å². The standard InChI is InChI=1S/C28H22FN3O5/c1-30-24-22(27(34)31(2)28(30)35)23(15-8-11-17(29)12-9-15)32-18-6-4-5-7-20(18)37-26(25(24)32)16-10-13-19(33)21(14-16)36-3/h4-14,26,33H,1-3H3/t26-/m1/s1. The SMILES string of the molecule is COc1cc([C@H]2Oc3ccccc3-n3c(-c4ccc(F)cc4)c4c(=O)n(C)c(=O)n(C)c4c32)ccc1O. The van der Waals surface area contributed by atoms with Gasteiger partial charge in [0.25, 0.3) is 5.56 Å². The third-order valence-electron chi connectivity index (χ3n) is 6.83. The summed E-state index contributed by atoms with van der Waals surface area (Å²) < 4.78 is 30.1. The zero-order valence-electron chi connectivity index (χ0n) is 20.2. The smallest absolute Gasteiger partial charge is 0.331 e. The molecule has 37 heavy (non-hydrogen) atoms. The lowest BCUT2D eigenvalue weighted by Crippen LogP contribution is -2.37. The van der Waals surface area contributed by atoms with Gasteiger partial charge in [-0.1, -0.05) is 18.2 Å². The first-order valence-electron chi connectivity index (χ1n) is 11.5. The number of hydrogen-bond acceptors (Lipinski definition) is 5. The van der Waals surface area contributed by atoms with Crippen LogP contribution in [0.1, 0.15) is 17.4 Å². The van der Waals surface area contributed by atoms with E-state index in [-0.39, 0.29) is 11.5 Å². The summed E-state index contributed by atoms with van der Waals surface area (Å²) in [4.78, 5) is 26.7. The van der Waals surface area contributed by atoms with Gasteiger partial charge < -0.3 is 19.1 Å². The second kappa shape index (κ2) is 8.12. The molecule has 0 aliphatic carbocycles. The monoisotopic (exact) mass is 499 g/mol. The van der Waals surface area contributed by atoms with Crippen LogP contribution in [-0.4, -0.2) is 25.9 Å². The van der Waals surface area contributed by atoms with E-state index in [0.717, 1.165) is 4.57 Å². The molecule has 0 amide bonds. The molecule has 1 aliphatic rings. The molecule has 1 aliphatic heterocycles. The summed E-state index contributed by atoms with van der Waals surface area (Å²) in [7, 11) is 4.49. The molecular weight excluding hydrogens is 477 g/mol. The minimum absolute atomic E-state index is 0.0315. The number of phenolic OH excluding ortho intramolecular Hbond substituents is 1. The largest absolute Gasteiger partial charge is 0.504 e. The highest BCUT2D eigenvalue weighted by Crippen LogP contribution is 2.47. The van der Waals surface area contributed by atoms with E-state index >= 15 is 0 Å². The molecule has 3 heterocycles. The molecule has 5 aromatic rings. The van der Waals surface area contributed by atoms with Gasteiger partial charge in [-0.15, -0.1) is 0 Å². The molecule has 186 valence electrons. The van der Waals surface area contributed by atoms with Crippen LogP contribution in [0.15, 0.2) is 76.3 Å². The highest BCUT2D eigenvalue weighted by atomic mass is 19.1. The van der Waals surface area contributed by atoms with E-state index in [1.54, 1.807) is 31.3 Å². The molecule has 1 N–H and O–H groups in total. The van der Waals surface area contributed by atoms with E-state index in [2.05, 4.69) is 0 Å². The molecule has 3 aromatic carbocycles. The van der Waals surface area contributed by atoms with Crippen molar-refractivity contribution in [2.24, 2.45) is 14.1 Å². The van der Waals surface area contributed by atoms with E-state index < -0.39 is 23.2 Å². The van der Waals surface area contributed by atoms with Gasteiger partial charge in [0.2, 0.25) is 0 Å². The van der Waals surface area contributed by atoms with Crippen molar-refractivity contribution < 1.29 is 19.0 Å². The number of phenols is 1. The van der Waals surface area contributed by atoms with Gasteiger partial charge in [0.05, 0.1) is 35.1 Å². The molecular formula is C28H22FN3O5. The number of aromatic nitrogens is 3. The van der Waals surface area contributed by atoms with Crippen molar-refractivity contribution in [2.45, 2.75) is 6.10 Å². The lowest BCUT2D eigenvalue weighted by molar-refractivity contribution is 0.228. The molecule has 0 unspecified atom stereocenters. The minimum atomic E-state index is -0.765. The van der Waals surface area contributed by atoms with Crippen LogP contribution in [0.3, 0.4) is 0 Å². The number of fused-ring (bicyclic) bond motifs is 5. The lowest BCUT2D eigenvalue weighted by Gasteiger charge is -2.30. The molecule has 0 saturated heterocycles. The normalized spacial score (nSPS) is 14.2. The molecule has 1 atom stereocenters. The number of hydrogen-bond donors (Lipinski definition) is 1. The zero-order valence-corrected chi connectivity index (χ0v) is 20.2. The van der Waals surface area contributed by atoms with Crippen LogP contribution in [0.25, 0.3) is 27.8 Å². The number of ether oxygens (including phenoxy) is 2. The van der Waals surface area contributed by atoms with Crippen LogP contribution < -0.4 is 20.7 Å². The third-order valence-corrected chi connectivity index (χ3v) is 6.83. The van der Waals surface area contributed by atoms with Gasteiger partial charge in [-0.3, -0.25) is 13.9 Å². The molecule has 9 heteroatoms. The summed E-state index contributed by atoms with van der Waals surface area (Å²) >= 11 is 0. The summed E-state index contributed by atoms with van der Waals surface area (Å²) in [5.74, 6) is 0.371. The predicted molar refractivity (Wildman–Crippen MR) is 136 cm³/mol. The number of methoxy groups -OCH3 is 1. The van der Waals surface area contributed by atoms with Crippen molar-refractivity contribution in [2.75, 3.05) is 7.11 Å². The molecule has 2 aromatic heterocycles. The molecule has 0 bridgehead atoms. The Bertz CT molecular complexity index is 1830. The molecule has 0 spiro atoms. The Kier molecular flexibility index (Phi) is 4.98. The quantitative estimate of drug-likeness (QED) is 0.405. The maximum absolute atomic E-state index is 13.9. The number of para-hydroxylation sites is 2. The average molecular weight is 499 g/mol. The first-order valence-corrected chi connectivity index (χ1v) is 11.5. The van der Waals surface area contributed by atoms with Crippen molar-refractivity contribution in [1.82, 2.24) is 13.7 Å². The number of aryl methyl sites for hydroxylation is 1. The number of rotatable bonds is 3. The first-order chi connectivity index (χ1) is 17.8. The van der Waals surface area contributed by atoms with Gasteiger partial charge >= 0.3 is 5.69 Å². The number of nitrogens with zero attached hydrogens (tertiary/aromatic N) is 3. The van der Waals surface area contributed by atoms with Crippen molar-refractivity contribution in [3.63, 3.8) is 0 Å². The van der Waals surface area contributed by atoms with Gasteiger partial charge in [-0.25, -0.2) is 9.18 Å². The van der Waals surface area contributed by atoms with E-state index in [1.165, 1.54) is 36.9 Å². The van der Waals surface area contributed by atoms with Crippen molar-refractivity contribution in [3.05, 3.63) is 105 Å². The second-order valence-corrected chi connectivity index (χ2v) is 8.90. The summed E-state index contributed by atoms with van der Waals surface area (Å²) in [6.45, 7) is 0. The minimum Gasteiger partial charge on any atom is -0.504 e. The Morgan fingerprint density at radius 3 is 2.43 bits per heavy atom. The Morgan fingerprint density at radius 1 is 0.973 bits per heavy atom. The molecule has 0 saturated carbocycles. The highest BCUT2D eigenvalue weighted by molar-refractivity contribution is 5.98.